The molecule has 2 saturated heterocycles. The fourth-order valence-corrected chi connectivity index (χ4v) is 5.83. The molecule has 1 aliphatic carbocycles. The Balaban J connectivity index is 1.29. The Labute approximate surface area is 150 Å². The van der Waals surface area contributed by atoms with Crippen molar-refractivity contribution in [3.63, 3.8) is 0 Å². The zero-order valence-electron chi connectivity index (χ0n) is 14.7. The first-order valence-electron chi connectivity index (χ1n) is 9.52. The first-order valence-corrected chi connectivity index (χ1v) is 11.0. The SMILES string of the molecule is O=S(=O)(NCC[C@H]1CCOC12CN(C1CCCC1)C2)c1ccccc1. The number of nitrogens with zero attached hydrogens (tertiary/aromatic N) is 1. The smallest absolute Gasteiger partial charge is 0.240 e. The van der Waals surface area contributed by atoms with Crippen LogP contribution in [0.4, 0.5) is 0 Å². The summed E-state index contributed by atoms with van der Waals surface area (Å²) in [5.74, 6) is 0.462. The van der Waals surface area contributed by atoms with Crippen molar-refractivity contribution in [1.82, 2.24) is 9.62 Å². The second kappa shape index (κ2) is 6.99. The van der Waals surface area contributed by atoms with Crippen LogP contribution in [-0.2, 0) is 14.8 Å². The number of hydrogen-bond donors (Lipinski definition) is 1. The molecule has 0 radical (unpaired) electrons. The van der Waals surface area contributed by atoms with E-state index in [1.165, 1.54) is 25.7 Å². The van der Waals surface area contributed by atoms with E-state index in [-0.39, 0.29) is 5.60 Å². The average molecular weight is 365 g/mol. The molecule has 3 aliphatic rings. The van der Waals surface area contributed by atoms with Gasteiger partial charge in [0.15, 0.2) is 0 Å². The molecule has 1 saturated carbocycles. The van der Waals surface area contributed by atoms with Crippen LogP contribution in [0.15, 0.2) is 35.2 Å². The van der Waals surface area contributed by atoms with E-state index in [1.54, 1.807) is 24.3 Å². The Morgan fingerprint density at radius 1 is 1.12 bits per heavy atom. The van der Waals surface area contributed by atoms with E-state index in [4.69, 9.17) is 4.74 Å². The molecule has 138 valence electrons. The molecule has 25 heavy (non-hydrogen) atoms. The van der Waals surface area contributed by atoms with E-state index in [0.29, 0.717) is 17.4 Å². The summed E-state index contributed by atoms with van der Waals surface area (Å²) in [6.07, 6.45) is 7.28. The maximum atomic E-state index is 12.3. The van der Waals surface area contributed by atoms with Gasteiger partial charge in [-0.2, -0.15) is 0 Å². The average Bonchev–Trinajstić information content (AvgIpc) is 3.23. The van der Waals surface area contributed by atoms with Crippen LogP contribution in [-0.4, -0.2) is 51.2 Å². The molecule has 6 heteroatoms. The van der Waals surface area contributed by atoms with Crippen molar-refractivity contribution in [1.29, 1.82) is 0 Å². The lowest BCUT2D eigenvalue weighted by Crippen LogP contribution is -2.66. The molecule has 0 bridgehead atoms. The summed E-state index contributed by atoms with van der Waals surface area (Å²) in [5, 5.41) is 0. The van der Waals surface area contributed by atoms with Crippen LogP contribution >= 0.6 is 0 Å². The Bertz CT molecular complexity index is 680. The Hall–Kier alpha value is -0.950. The van der Waals surface area contributed by atoms with E-state index < -0.39 is 10.0 Å². The van der Waals surface area contributed by atoms with Gasteiger partial charge < -0.3 is 4.74 Å². The van der Waals surface area contributed by atoms with Crippen molar-refractivity contribution in [2.75, 3.05) is 26.2 Å². The first-order chi connectivity index (χ1) is 12.1. The molecule has 1 spiro atoms. The lowest BCUT2D eigenvalue weighted by molar-refractivity contribution is -0.146. The molecule has 1 N–H and O–H groups in total. The van der Waals surface area contributed by atoms with Gasteiger partial charge in [-0.05, 0) is 43.7 Å². The fraction of sp³-hybridized carbons (Fsp3) is 0.684. The number of benzene rings is 1. The van der Waals surface area contributed by atoms with E-state index in [1.807, 2.05) is 6.07 Å². The van der Waals surface area contributed by atoms with Gasteiger partial charge in [-0.3, -0.25) is 4.90 Å². The number of sulfonamides is 1. The van der Waals surface area contributed by atoms with Gasteiger partial charge in [0.05, 0.1) is 10.5 Å². The molecule has 1 aromatic rings. The monoisotopic (exact) mass is 364 g/mol. The number of rotatable bonds is 6. The summed E-state index contributed by atoms with van der Waals surface area (Å²) in [5.41, 5.74) is -0.0131. The maximum Gasteiger partial charge on any atom is 0.240 e. The van der Waals surface area contributed by atoms with Gasteiger partial charge in [0.25, 0.3) is 0 Å². The molecule has 2 heterocycles. The molecule has 1 atom stereocenters. The highest BCUT2D eigenvalue weighted by Crippen LogP contribution is 2.44. The predicted octanol–water partition coefficient (Wildman–Crippen LogP) is 2.39. The molecule has 0 amide bonds. The highest BCUT2D eigenvalue weighted by atomic mass is 32.2. The van der Waals surface area contributed by atoms with Gasteiger partial charge in [-0.1, -0.05) is 31.0 Å². The molecule has 2 aliphatic heterocycles. The largest absolute Gasteiger partial charge is 0.372 e. The lowest BCUT2D eigenvalue weighted by atomic mass is 9.78. The van der Waals surface area contributed by atoms with Gasteiger partial charge in [-0.25, -0.2) is 13.1 Å². The van der Waals surface area contributed by atoms with E-state index in [0.717, 1.165) is 38.6 Å². The predicted molar refractivity (Wildman–Crippen MR) is 96.9 cm³/mol. The summed E-state index contributed by atoms with van der Waals surface area (Å²) in [6.45, 7) is 3.37. The minimum absolute atomic E-state index is 0.0131. The summed E-state index contributed by atoms with van der Waals surface area (Å²) < 4.78 is 33.5. The van der Waals surface area contributed by atoms with Gasteiger partial charge in [0.2, 0.25) is 10.0 Å². The maximum absolute atomic E-state index is 12.3. The normalized spacial score (nSPS) is 27.0. The van der Waals surface area contributed by atoms with Crippen LogP contribution in [0.5, 0.6) is 0 Å². The first kappa shape index (κ1) is 17.5. The third kappa shape index (κ3) is 3.50. The molecule has 4 rings (SSSR count). The highest BCUT2D eigenvalue weighted by Gasteiger charge is 2.54. The van der Waals surface area contributed by atoms with Crippen molar-refractivity contribution in [2.24, 2.45) is 5.92 Å². The second-order valence-corrected chi connectivity index (χ2v) is 9.51. The second-order valence-electron chi connectivity index (χ2n) is 7.74. The number of likely N-dealkylation sites (tertiary alicyclic amines) is 1. The minimum atomic E-state index is -3.40. The van der Waals surface area contributed by atoms with Gasteiger partial charge in [-0.15, -0.1) is 0 Å². The summed E-state index contributed by atoms with van der Waals surface area (Å²) in [4.78, 5) is 2.92. The zero-order valence-corrected chi connectivity index (χ0v) is 15.5. The topological polar surface area (TPSA) is 58.6 Å². The zero-order chi connectivity index (χ0) is 17.3. The molecule has 0 aromatic heterocycles. The Morgan fingerprint density at radius 3 is 2.56 bits per heavy atom. The lowest BCUT2D eigenvalue weighted by Gasteiger charge is -2.53. The van der Waals surface area contributed by atoms with E-state index in [9.17, 15) is 8.42 Å². The number of ether oxygens (including phenoxy) is 1. The van der Waals surface area contributed by atoms with Crippen LogP contribution in [0, 0.1) is 5.92 Å². The standard InChI is InChI=1S/C19H28N2O3S/c22-25(23,18-8-2-1-3-9-18)20-12-10-16-11-13-24-19(16)14-21(15-19)17-6-4-5-7-17/h1-3,8-9,16-17,20H,4-7,10-15H2/t16-/m0/s1. The van der Waals surface area contributed by atoms with Crippen molar-refractivity contribution >= 4 is 10.0 Å². The molecule has 5 nitrogen and oxygen atoms in total. The Morgan fingerprint density at radius 2 is 1.84 bits per heavy atom. The van der Waals surface area contributed by atoms with Crippen molar-refractivity contribution < 1.29 is 13.2 Å². The third-order valence-electron chi connectivity index (χ3n) is 6.22. The highest BCUT2D eigenvalue weighted by molar-refractivity contribution is 7.89. The summed E-state index contributed by atoms with van der Waals surface area (Å²) in [7, 11) is -3.40. The van der Waals surface area contributed by atoms with Crippen molar-refractivity contribution in [2.45, 2.75) is 55.1 Å². The van der Waals surface area contributed by atoms with Crippen LogP contribution in [0.3, 0.4) is 0 Å². The summed E-state index contributed by atoms with van der Waals surface area (Å²) >= 11 is 0. The van der Waals surface area contributed by atoms with Crippen molar-refractivity contribution in [3.05, 3.63) is 30.3 Å². The molecular weight excluding hydrogens is 336 g/mol. The Kier molecular flexibility index (Phi) is 4.88. The van der Waals surface area contributed by atoms with Gasteiger partial charge in [0.1, 0.15) is 0 Å². The van der Waals surface area contributed by atoms with Crippen LogP contribution in [0.25, 0.3) is 0 Å². The number of hydrogen-bond acceptors (Lipinski definition) is 4. The number of nitrogens with one attached hydrogen (secondary N) is 1. The van der Waals surface area contributed by atoms with Crippen molar-refractivity contribution in [3.8, 4) is 0 Å². The van der Waals surface area contributed by atoms with Crippen LogP contribution in [0.1, 0.15) is 38.5 Å². The van der Waals surface area contributed by atoms with Gasteiger partial charge >= 0.3 is 0 Å². The van der Waals surface area contributed by atoms with Gasteiger partial charge in [0, 0.05) is 32.3 Å². The molecule has 0 unspecified atom stereocenters. The van der Waals surface area contributed by atoms with Crippen LogP contribution in [0.2, 0.25) is 0 Å². The molecule has 3 fully saturated rings. The summed E-state index contributed by atoms with van der Waals surface area (Å²) in [6, 6.07) is 9.35. The fourth-order valence-electron chi connectivity index (χ4n) is 4.76. The molecule has 1 aromatic carbocycles. The minimum Gasteiger partial charge on any atom is -0.372 e. The van der Waals surface area contributed by atoms with Crippen LogP contribution < -0.4 is 4.72 Å². The van der Waals surface area contributed by atoms with E-state index >= 15 is 0 Å². The molecular formula is C19H28N2O3S. The van der Waals surface area contributed by atoms with E-state index in [2.05, 4.69) is 9.62 Å². The third-order valence-corrected chi connectivity index (χ3v) is 7.70. The quantitative estimate of drug-likeness (QED) is 0.842.